The van der Waals surface area contributed by atoms with Gasteiger partial charge >= 0.3 is 6.03 Å². The Bertz CT molecular complexity index is 844. The van der Waals surface area contributed by atoms with Gasteiger partial charge < -0.3 is 19.5 Å². The summed E-state index contributed by atoms with van der Waals surface area (Å²) in [6, 6.07) is 12.2. The molecule has 0 aliphatic carbocycles. The summed E-state index contributed by atoms with van der Waals surface area (Å²) < 4.78 is 5.20. The van der Waals surface area contributed by atoms with E-state index in [2.05, 4.69) is 22.3 Å². The minimum Gasteiger partial charge on any atom is -0.467 e. The molecule has 1 aromatic heterocycles. The maximum atomic E-state index is 12.6. The minimum atomic E-state index is -0.817. The van der Waals surface area contributed by atoms with Crippen LogP contribution in [0, 0.1) is 0 Å². The summed E-state index contributed by atoms with van der Waals surface area (Å²) in [5.41, 5.74) is 1.14. The van der Waals surface area contributed by atoms with Gasteiger partial charge in [-0.15, -0.1) is 0 Å². The Morgan fingerprint density at radius 2 is 1.79 bits per heavy atom. The van der Waals surface area contributed by atoms with Crippen LogP contribution in [0.15, 0.2) is 53.1 Å². The van der Waals surface area contributed by atoms with E-state index in [1.165, 1.54) is 6.26 Å². The van der Waals surface area contributed by atoms with Crippen LogP contribution in [0.5, 0.6) is 0 Å². The Morgan fingerprint density at radius 3 is 2.46 bits per heavy atom. The molecule has 2 aromatic rings. The number of carbonyl (C=O) groups is 3. The lowest BCUT2D eigenvalue weighted by Crippen LogP contribution is -2.50. The summed E-state index contributed by atoms with van der Waals surface area (Å²) in [6.07, 6.45) is 1.47. The highest BCUT2D eigenvalue weighted by molar-refractivity contribution is 6.05. The summed E-state index contributed by atoms with van der Waals surface area (Å²) in [7, 11) is 0. The number of hydrogen-bond acceptors (Lipinski definition) is 5. The zero-order chi connectivity index (χ0) is 19.5. The van der Waals surface area contributed by atoms with E-state index >= 15 is 0 Å². The van der Waals surface area contributed by atoms with E-state index in [1.807, 2.05) is 18.2 Å². The number of benzene rings is 1. The van der Waals surface area contributed by atoms with Crippen molar-refractivity contribution >= 4 is 23.5 Å². The third-order valence-electron chi connectivity index (χ3n) is 5.13. The van der Waals surface area contributed by atoms with Crippen molar-refractivity contribution in [2.75, 3.05) is 31.1 Å². The molecule has 1 aromatic carbocycles. The van der Waals surface area contributed by atoms with Crippen molar-refractivity contribution in [3.63, 3.8) is 0 Å². The largest absolute Gasteiger partial charge is 0.467 e. The summed E-state index contributed by atoms with van der Waals surface area (Å²) in [6.45, 7) is 2.74. The van der Waals surface area contributed by atoms with E-state index in [9.17, 15) is 14.4 Å². The maximum absolute atomic E-state index is 12.6. The van der Waals surface area contributed by atoms with E-state index in [0.29, 0.717) is 18.8 Å². The predicted octanol–water partition coefficient (Wildman–Crippen LogP) is 1.44. The van der Waals surface area contributed by atoms with Gasteiger partial charge in [0.25, 0.3) is 5.91 Å². The van der Waals surface area contributed by atoms with Crippen molar-refractivity contribution in [1.82, 2.24) is 15.1 Å². The Labute approximate surface area is 162 Å². The average molecular weight is 382 g/mol. The fourth-order valence-corrected chi connectivity index (χ4v) is 3.58. The lowest BCUT2D eigenvalue weighted by atomic mass is 10.1. The highest BCUT2D eigenvalue weighted by Gasteiger charge is 2.40. The normalized spacial score (nSPS) is 19.9. The second-order valence-electron chi connectivity index (χ2n) is 6.91. The number of nitrogens with one attached hydrogen (secondary N) is 1. The Kier molecular flexibility index (Phi) is 5.01. The standard InChI is InChI=1S/C20H22N4O4/c25-18(23-10-8-22(9-11-23)15-5-2-1-3-6-15)13-17-19(26)24(20(27)21-17)14-16-7-4-12-28-16/h1-7,12,17H,8-11,13-14H2,(H,21,27)/t17-/m1/s1. The second-order valence-corrected chi connectivity index (χ2v) is 6.91. The van der Waals surface area contributed by atoms with Gasteiger partial charge in [0.1, 0.15) is 11.8 Å². The molecule has 146 valence electrons. The Hall–Kier alpha value is -3.29. The molecule has 1 N–H and O–H groups in total. The number of furan rings is 1. The van der Waals surface area contributed by atoms with Crippen LogP contribution in [0.4, 0.5) is 10.5 Å². The number of amides is 4. The molecule has 2 aliphatic rings. The van der Waals surface area contributed by atoms with E-state index in [4.69, 9.17) is 4.42 Å². The van der Waals surface area contributed by atoms with Crippen molar-refractivity contribution in [3.8, 4) is 0 Å². The van der Waals surface area contributed by atoms with Crippen LogP contribution in [0.1, 0.15) is 12.2 Å². The van der Waals surface area contributed by atoms with Crippen molar-refractivity contribution in [2.24, 2.45) is 0 Å². The number of urea groups is 1. The van der Waals surface area contributed by atoms with Gasteiger partial charge in [-0.2, -0.15) is 0 Å². The van der Waals surface area contributed by atoms with Crippen molar-refractivity contribution in [2.45, 2.75) is 19.0 Å². The van der Waals surface area contributed by atoms with Crippen LogP contribution >= 0.6 is 0 Å². The SMILES string of the molecule is O=C(C[C@H]1NC(=O)N(Cc2ccco2)C1=O)N1CCN(c2ccccc2)CC1. The first-order chi connectivity index (χ1) is 13.6. The summed E-state index contributed by atoms with van der Waals surface area (Å²) in [5.74, 6) is 0.0105. The Morgan fingerprint density at radius 1 is 1.04 bits per heavy atom. The molecule has 1 atom stereocenters. The number of nitrogens with zero attached hydrogens (tertiary/aromatic N) is 3. The van der Waals surface area contributed by atoms with Crippen molar-refractivity contribution < 1.29 is 18.8 Å². The monoisotopic (exact) mass is 382 g/mol. The van der Waals surface area contributed by atoms with Gasteiger partial charge in [0.05, 0.1) is 19.2 Å². The molecule has 0 bridgehead atoms. The van der Waals surface area contributed by atoms with Crippen LogP contribution < -0.4 is 10.2 Å². The molecular weight excluding hydrogens is 360 g/mol. The van der Waals surface area contributed by atoms with Gasteiger partial charge in [-0.3, -0.25) is 14.5 Å². The molecule has 8 nitrogen and oxygen atoms in total. The van der Waals surface area contributed by atoms with Gasteiger partial charge in [0.15, 0.2) is 0 Å². The predicted molar refractivity (Wildman–Crippen MR) is 101 cm³/mol. The van der Waals surface area contributed by atoms with Crippen LogP contribution in [-0.4, -0.2) is 59.9 Å². The molecule has 4 rings (SSSR count). The van der Waals surface area contributed by atoms with E-state index in [1.54, 1.807) is 17.0 Å². The van der Waals surface area contributed by atoms with E-state index < -0.39 is 18.0 Å². The smallest absolute Gasteiger partial charge is 0.325 e. The number of carbonyl (C=O) groups excluding carboxylic acids is 3. The van der Waals surface area contributed by atoms with Gasteiger partial charge in [0.2, 0.25) is 5.91 Å². The summed E-state index contributed by atoms with van der Waals surface area (Å²) >= 11 is 0. The topological polar surface area (TPSA) is 86.1 Å². The molecule has 2 saturated heterocycles. The van der Waals surface area contributed by atoms with Gasteiger partial charge in [0, 0.05) is 31.9 Å². The number of para-hydroxylation sites is 1. The van der Waals surface area contributed by atoms with Gasteiger partial charge in [-0.1, -0.05) is 18.2 Å². The number of rotatable bonds is 5. The molecular formula is C20H22N4O4. The van der Waals surface area contributed by atoms with Crippen molar-refractivity contribution in [1.29, 1.82) is 0 Å². The van der Waals surface area contributed by atoms with Crippen LogP contribution in [0.3, 0.4) is 0 Å². The number of hydrogen-bond donors (Lipinski definition) is 1. The summed E-state index contributed by atoms with van der Waals surface area (Å²) in [5, 5.41) is 2.61. The lowest BCUT2D eigenvalue weighted by Gasteiger charge is -2.36. The third kappa shape index (κ3) is 3.71. The first kappa shape index (κ1) is 18.1. The lowest BCUT2D eigenvalue weighted by molar-refractivity contribution is -0.136. The number of anilines is 1. The molecule has 0 unspecified atom stereocenters. The third-order valence-corrected chi connectivity index (χ3v) is 5.13. The highest BCUT2D eigenvalue weighted by Crippen LogP contribution is 2.18. The minimum absolute atomic E-state index is 0.0232. The first-order valence-electron chi connectivity index (χ1n) is 9.34. The van der Waals surface area contributed by atoms with E-state index in [-0.39, 0.29) is 18.9 Å². The molecule has 0 spiro atoms. The molecule has 0 saturated carbocycles. The van der Waals surface area contributed by atoms with Crippen molar-refractivity contribution in [3.05, 3.63) is 54.5 Å². The van der Waals surface area contributed by atoms with Crippen LogP contribution in [-0.2, 0) is 16.1 Å². The van der Waals surface area contributed by atoms with Gasteiger partial charge in [-0.05, 0) is 24.3 Å². The fraction of sp³-hybridized carbons (Fsp3) is 0.350. The molecule has 28 heavy (non-hydrogen) atoms. The number of piperazine rings is 1. The molecule has 4 amide bonds. The molecule has 3 heterocycles. The average Bonchev–Trinajstić information content (AvgIpc) is 3.33. The number of imide groups is 1. The maximum Gasteiger partial charge on any atom is 0.325 e. The molecule has 0 radical (unpaired) electrons. The molecule has 2 aliphatic heterocycles. The van der Waals surface area contributed by atoms with E-state index in [0.717, 1.165) is 23.7 Å². The quantitative estimate of drug-likeness (QED) is 0.791. The fourth-order valence-electron chi connectivity index (χ4n) is 3.58. The van der Waals surface area contributed by atoms with Crippen LogP contribution in [0.2, 0.25) is 0 Å². The highest BCUT2D eigenvalue weighted by atomic mass is 16.3. The van der Waals surface area contributed by atoms with Gasteiger partial charge in [-0.25, -0.2) is 4.79 Å². The molecule has 8 heteroatoms. The molecule has 2 fully saturated rings. The zero-order valence-electron chi connectivity index (χ0n) is 15.4. The Balaban J connectivity index is 1.30. The summed E-state index contributed by atoms with van der Waals surface area (Å²) in [4.78, 5) is 42.3. The van der Waals surface area contributed by atoms with Crippen LogP contribution in [0.25, 0.3) is 0 Å². The zero-order valence-corrected chi connectivity index (χ0v) is 15.4. The first-order valence-corrected chi connectivity index (χ1v) is 9.34. The second kappa shape index (κ2) is 7.75.